The molecule has 0 amide bonds. The van der Waals surface area contributed by atoms with Crippen molar-refractivity contribution in [2.45, 2.75) is 25.5 Å². The van der Waals surface area contributed by atoms with Crippen molar-refractivity contribution in [2.24, 2.45) is 0 Å². The minimum absolute atomic E-state index is 0.0992. The molecule has 10 heteroatoms. The number of anilines is 1. The number of halogens is 3. The average molecular weight is 421 g/mol. The van der Waals surface area contributed by atoms with Crippen molar-refractivity contribution in [1.82, 2.24) is 19.5 Å². The van der Waals surface area contributed by atoms with Gasteiger partial charge >= 0.3 is 6.61 Å². The average Bonchev–Trinajstić information content (AvgIpc) is 3.10. The highest BCUT2D eigenvalue weighted by molar-refractivity contribution is 5.82. The summed E-state index contributed by atoms with van der Waals surface area (Å²) in [4.78, 5) is 2.21. The number of rotatable bonds is 6. The molecule has 1 unspecified atom stereocenters. The number of nitrogens with zero attached hydrogens (tertiary/aromatic N) is 4. The number of likely N-dealkylation sites (N-methyl/N-ethyl adjacent to an activating group) is 1. The number of benzene rings is 1. The van der Waals surface area contributed by atoms with Crippen LogP contribution in [-0.2, 0) is 0 Å². The summed E-state index contributed by atoms with van der Waals surface area (Å²) < 4.78 is 51.9. The third-order valence-electron chi connectivity index (χ3n) is 5.15. The summed E-state index contributed by atoms with van der Waals surface area (Å²) in [6.45, 7) is -1.19. The highest BCUT2D eigenvalue weighted by Crippen LogP contribution is 2.36. The molecule has 1 saturated heterocycles. The van der Waals surface area contributed by atoms with E-state index < -0.39 is 12.4 Å². The van der Waals surface area contributed by atoms with Crippen LogP contribution >= 0.6 is 0 Å². The molecular formula is C20H22F3N5O2. The van der Waals surface area contributed by atoms with Gasteiger partial charge in [-0.25, -0.2) is 4.39 Å². The first kappa shape index (κ1) is 20.3. The zero-order valence-electron chi connectivity index (χ0n) is 16.6. The molecule has 160 valence electrons. The van der Waals surface area contributed by atoms with Crippen LogP contribution in [0.1, 0.15) is 12.8 Å². The van der Waals surface area contributed by atoms with Crippen LogP contribution in [0.4, 0.5) is 19.1 Å². The molecule has 0 spiro atoms. The van der Waals surface area contributed by atoms with E-state index in [2.05, 4.69) is 25.2 Å². The number of likely N-dealkylation sites (tertiary alicyclic amines) is 1. The Kier molecular flexibility index (Phi) is 5.67. The van der Waals surface area contributed by atoms with Crippen LogP contribution in [0.3, 0.4) is 0 Å². The fourth-order valence-electron chi connectivity index (χ4n) is 3.77. The zero-order valence-corrected chi connectivity index (χ0v) is 16.6. The summed E-state index contributed by atoms with van der Waals surface area (Å²) in [6, 6.07) is 5.81. The molecule has 1 aromatic carbocycles. The predicted octanol–water partition coefficient (Wildman–Crippen LogP) is 3.65. The fraction of sp³-hybridized carbons (Fsp3) is 0.400. The number of aromatic nitrogens is 3. The SMILES string of the molecule is COc1ccc(-c2nnc(NC3CCCN(C)C3)n3ccc(F)c23)c(OC(F)F)c1. The van der Waals surface area contributed by atoms with E-state index in [1.165, 1.54) is 31.5 Å². The Labute approximate surface area is 171 Å². The summed E-state index contributed by atoms with van der Waals surface area (Å²) in [5.41, 5.74) is 0.415. The van der Waals surface area contributed by atoms with E-state index in [0.717, 1.165) is 25.9 Å². The summed E-state index contributed by atoms with van der Waals surface area (Å²) >= 11 is 0. The molecule has 4 rings (SSSR count). The molecule has 1 aliphatic heterocycles. The van der Waals surface area contributed by atoms with Crippen molar-refractivity contribution in [3.05, 3.63) is 36.3 Å². The molecule has 30 heavy (non-hydrogen) atoms. The van der Waals surface area contributed by atoms with Crippen molar-refractivity contribution in [2.75, 3.05) is 32.6 Å². The lowest BCUT2D eigenvalue weighted by Crippen LogP contribution is -2.40. The number of ether oxygens (including phenoxy) is 2. The molecule has 7 nitrogen and oxygen atoms in total. The van der Waals surface area contributed by atoms with Gasteiger partial charge in [-0.3, -0.25) is 4.40 Å². The van der Waals surface area contributed by atoms with Gasteiger partial charge in [0.2, 0.25) is 5.95 Å². The molecule has 0 saturated carbocycles. The van der Waals surface area contributed by atoms with Crippen LogP contribution < -0.4 is 14.8 Å². The number of methoxy groups -OCH3 is 1. The summed E-state index contributed by atoms with van der Waals surface area (Å²) in [6.07, 6.45) is 3.54. The first-order valence-corrected chi connectivity index (χ1v) is 9.58. The van der Waals surface area contributed by atoms with Gasteiger partial charge < -0.3 is 19.7 Å². The monoisotopic (exact) mass is 421 g/mol. The lowest BCUT2D eigenvalue weighted by Gasteiger charge is -2.30. The van der Waals surface area contributed by atoms with Crippen molar-refractivity contribution in [3.8, 4) is 22.8 Å². The van der Waals surface area contributed by atoms with E-state index in [4.69, 9.17) is 4.74 Å². The maximum Gasteiger partial charge on any atom is 0.387 e. The molecule has 0 bridgehead atoms. The summed E-state index contributed by atoms with van der Waals surface area (Å²) in [5, 5.41) is 11.7. The standard InChI is InChI=1S/C20H22F3N5O2/c1-27-8-3-4-12(11-27)24-20-26-25-17(18-15(21)7-9-28(18)20)14-6-5-13(29-2)10-16(14)30-19(22)23/h5-7,9-10,12,19H,3-4,8,11H2,1-2H3,(H,24,26). The number of nitrogens with one attached hydrogen (secondary N) is 1. The third kappa shape index (κ3) is 4.00. The Hall–Kier alpha value is -3.01. The van der Waals surface area contributed by atoms with Crippen molar-refractivity contribution >= 4 is 11.5 Å². The van der Waals surface area contributed by atoms with Crippen LogP contribution in [0.5, 0.6) is 11.5 Å². The first-order valence-electron chi connectivity index (χ1n) is 9.58. The molecule has 1 aliphatic rings. The molecule has 3 aromatic rings. The lowest BCUT2D eigenvalue weighted by molar-refractivity contribution is -0.0495. The topological polar surface area (TPSA) is 63.9 Å². The molecule has 0 radical (unpaired) electrons. The van der Waals surface area contributed by atoms with Gasteiger partial charge in [-0.15, -0.1) is 10.2 Å². The molecule has 1 fully saturated rings. The minimum atomic E-state index is -3.05. The number of hydrogen-bond donors (Lipinski definition) is 1. The van der Waals surface area contributed by atoms with Crippen LogP contribution in [-0.4, -0.2) is 59.4 Å². The predicted molar refractivity (Wildman–Crippen MR) is 106 cm³/mol. The second kappa shape index (κ2) is 8.39. The lowest BCUT2D eigenvalue weighted by atomic mass is 10.1. The van der Waals surface area contributed by atoms with E-state index in [1.54, 1.807) is 10.5 Å². The number of alkyl halides is 2. The number of piperidine rings is 1. The Morgan fingerprint density at radius 3 is 2.80 bits per heavy atom. The molecule has 3 heterocycles. The van der Waals surface area contributed by atoms with E-state index in [-0.39, 0.29) is 28.6 Å². The zero-order chi connectivity index (χ0) is 21.3. The van der Waals surface area contributed by atoms with E-state index in [0.29, 0.717) is 11.7 Å². The normalized spacial score (nSPS) is 17.5. The number of hydrogen-bond acceptors (Lipinski definition) is 6. The number of fused-ring (bicyclic) bond motifs is 1. The molecule has 1 atom stereocenters. The van der Waals surface area contributed by atoms with Crippen molar-refractivity contribution in [1.29, 1.82) is 0 Å². The Morgan fingerprint density at radius 2 is 2.07 bits per heavy atom. The third-order valence-corrected chi connectivity index (χ3v) is 5.15. The van der Waals surface area contributed by atoms with Crippen molar-refractivity contribution in [3.63, 3.8) is 0 Å². The van der Waals surface area contributed by atoms with Crippen LogP contribution in [0.2, 0.25) is 0 Å². The molecular weight excluding hydrogens is 399 g/mol. The van der Waals surface area contributed by atoms with Gasteiger partial charge in [-0.05, 0) is 44.6 Å². The maximum absolute atomic E-state index is 14.7. The van der Waals surface area contributed by atoms with Gasteiger partial charge in [0.05, 0.1) is 7.11 Å². The van der Waals surface area contributed by atoms with Gasteiger partial charge in [0.1, 0.15) is 22.7 Å². The van der Waals surface area contributed by atoms with Gasteiger partial charge in [0.25, 0.3) is 0 Å². The first-order chi connectivity index (χ1) is 14.5. The van der Waals surface area contributed by atoms with E-state index in [9.17, 15) is 13.2 Å². The second-order valence-electron chi connectivity index (χ2n) is 7.24. The Bertz CT molecular complexity index is 1040. The van der Waals surface area contributed by atoms with Crippen LogP contribution in [0, 0.1) is 5.82 Å². The van der Waals surface area contributed by atoms with Gasteiger partial charge in [0, 0.05) is 30.4 Å². The molecule has 0 aliphatic carbocycles. The highest BCUT2D eigenvalue weighted by Gasteiger charge is 2.23. The molecule has 2 aromatic heterocycles. The van der Waals surface area contributed by atoms with E-state index >= 15 is 0 Å². The van der Waals surface area contributed by atoms with Gasteiger partial charge in [0.15, 0.2) is 5.82 Å². The fourth-order valence-corrected chi connectivity index (χ4v) is 3.77. The summed E-state index contributed by atoms with van der Waals surface area (Å²) in [5.74, 6) is 0.00928. The highest BCUT2D eigenvalue weighted by atomic mass is 19.3. The maximum atomic E-state index is 14.7. The van der Waals surface area contributed by atoms with Crippen molar-refractivity contribution < 1.29 is 22.6 Å². The Morgan fingerprint density at radius 1 is 1.23 bits per heavy atom. The van der Waals surface area contributed by atoms with Crippen LogP contribution in [0.25, 0.3) is 16.8 Å². The minimum Gasteiger partial charge on any atom is -0.497 e. The quantitative estimate of drug-likeness (QED) is 0.656. The largest absolute Gasteiger partial charge is 0.497 e. The van der Waals surface area contributed by atoms with E-state index in [1.807, 2.05) is 7.05 Å². The molecule has 1 N–H and O–H groups in total. The van der Waals surface area contributed by atoms with Crippen LogP contribution in [0.15, 0.2) is 30.5 Å². The smallest absolute Gasteiger partial charge is 0.387 e. The Balaban J connectivity index is 1.77. The van der Waals surface area contributed by atoms with Gasteiger partial charge in [-0.2, -0.15) is 8.78 Å². The summed E-state index contributed by atoms with van der Waals surface area (Å²) in [7, 11) is 3.46. The van der Waals surface area contributed by atoms with Gasteiger partial charge in [-0.1, -0.05) is 0 Å². The second-order valence-corrected chi connectivity index (χ2v) is 7.24.